The summed E-state index contributed by atoms with van der Waals surface area (Å²) in [4.78, 5) is 20.8. The quantitative estimate of drug-likeness (QED) is 0.403. The maximum atomic E-state index is 6.44. The second-order valence-electron chi connectivity index (χ2n) is 8.44. The van der Waals surface area contributed by atoms with Gasteiger partial charge in [0.05, 0.1) is 25.7 Å². The van der Waals surface area contributed by atoms with Gasteiger partial charge >= 0.3 is 0 Å². The van der Waals surface area contributed by atoms with E-state index in [1.807, 2.05) is 37.2 Å². The topological polar surface area (TPSA) is 106 Å². The van der Waals surface area contributed by atoms with Crippen LogP contribution in [0.5, 0.6) is 17.5 Å². The molecule has 0 saturated carbocycles. The predicted molar refractivity (Wildman–Crippen MR) is 142 cm³/mol. The highest BCUT2D eigenvalue weighted by Crippen LogP contribution is 2.33. The fraction of sp³-hybridized carbons (Fsp3) is 0.333. The Morgan fingerprint density at radius 3 is 2.94 bits per heavy atom. The van der Waals surface area contributed by atoms with Gasteiger partial charge < -0.3 is 29.7 Å². The van der Waals surface area contributed by atoms with Gasteiger partial charge in [-0.05, 0) is 26.2 Å². The van der Waals surface area contributed by atoms with Crippen molar-refractivity contribution in [3.05, 3.63) is 53.0 Å². The maximum absolute atomic E-state index is 6.44. The van der Waals surface area contributed by atoms with Gasteiger partial charge in [-0.15, -0.1) is 0 Å². The summed E-state index contributed by atoms with van der Waals surface area (Å²) < 4.78 is 17.1. The van der Waals surface area contributed by atoms with Crippen molar-refractivity contribution in [1.82, 2.24) is 25.2 Å². The van der Waals surface area contributed by atoms with Crippen molar-refractivity contribution in [2.45, 2.75) is 18.6 Å². The van der Waals surface area contributed by atoms with Crippen LogP contribution < -0.4 is 24.8 Å². The third kappa shape index (κ3) is 5.53. The van der Waals surface area contributed by atoms with Crippen molar-refractivity contribution in [2.24, 2.45) is 4.99 Å². The summed E-state index contributed by atoms with van der Waals surface area (Å²) in [5, 5.41) is 7.72. The van der Waals surface area contributed by atoms with E-state index < -0.39 is 0 Å². The number of fused-ring (bicyclic) bond motifs is 2. The zero-order valence-corrected chi connectivity index (χ0v) is 21.6. The standard InChI is InChI=1S/C24H26ClN7O3S/c1-32(2)8-9-34-15-11-17(25)22(26-12-15)35-14-4-5-18-16(10-14)21(28-13-27-18)31-24-29-19-6-7-20(33-3)30-23(19)36-24/h4-7,11-14,18H,8-10H2,1-3H3,(H,27,28)(H,29,31). The van der Waals surface area contributed by atoms with Crippen LogP contribution in [0.15, 0.2) is 52.9 Å². The molecule has 0 fully saturated rings. The van der Waals surface area contributed by atoms with Crippen LogP contribution in [0.1, 0.15) is 6.42 Å². The number of halogens is 1. The molecule has 3 aromatic rings. The van der Waals surface area contributed by atoms with Crippen molar-refractivity contribution in [1.29, 1.82) is 0 Å². The highest BCUT2D eigenvalue weighted by Gasteiger charge is 2.28. The van der Waals surface area contributed by atoms with Crippen molar-refractivity contribution in [3.8, 4) is 17.5 Å². The average molecular weight is 528 g/mol. The molecule has 188 valence electrons. The molecule has 10 nitrogen and oxygen atoms in total. The molecule has 0 saturated heterocycles. The minimum absolute atomic E-state index is 0.0860. The predicted octanol–water partition coefficient (Wildman–Crippen LogP) is 3.72. The van der Waals surface area contributed by atoms with E-state index in [1.54, 1.807) is 31.8 Å². The second kappa shape index (κ2) is 10.7. The normalized spacial score (nSPS) is 18.8. The fourth-order valence-corrected chi connectivity index (χ4v) is 4.78. The monoisotopic (exact) mass is 527 g/mol. The SMILES string of the molecule is COc1ccc2nc(NC3=C4CC(Oc5ncc(OCCN(C)C)cc5Cl)C=CC4N=CN3)sc2n1. The van der Waals surface area contributed by atoms with Gasteiger partial charge in [-0.3, -0.25) is 4.99 Å². The lowest BCUT2D eigenvalue weighted by Crippen LogP contribution is -2.33. The fourth-order valence-electron chi connectivity index (χ4n) is 3.75. The number of ether oxygens (including phenoxy) is 3. The molecule has 12 heteroatoms. The van der Waals surface area contributed by atoms with Crippen molar-refractivity contribution < 1.29 is 14.2 Å². The van der Waals surface area contributed by atoms with Crippen LogP contribution >= 0.6 is 22.9 Å². The Balaban J connectivity index is 1.29. The molecule has 1 aliphatic carbocycles. The first-order valence-corrected chi connectivity index (χ1v) is 12.6. The molecule has 2 aliphatic rings. The number of aromatic nitrogens is 3. The van der Waals surface area contributed by atoms with Crippen LogP contribution in [0, 0.1) is 0 Å². The van der Waals surface area contributed by atoms with E-state index in [0.717, 1.165) is 33.4 Å². The number of anilines is 1. The van der Waals surface area contributed by atoms with Crippen molar-refractivity contribution >= 4 is 44.8 Å². The lowest BCUT2D eigenvalue weighted by molar-refractivity contribution is 0.231. The highest BCUT2D eigenvalue weighted by molar-refractivity contribution is 7.21. The first kappa shape index (κ1) is 24.3. The van der Waals surface area contributed by atoms with Gasteiger partial charge in [0.1, 0.15) is 39.7 Å². The van der Waals surface area contributed by atoms with E-state index in [0.29, 0.717) is 35.6 Å². The van der Waals surface area contributed by atoms with E-state index in [4.69, 9.17) is 25.8 Å². The Kier molecular flexibility index (Phi) is 7.21. The lowest BCUT2D eigenvalue weighted by atomic mass is 9.93. The van der Waals surface area contributed by atoms with Gasteiger partial charge in [0.2, 0.25) is 11.8 Å². The van der Waals surface area contributed by atoms with Crippen LogP contribution in [0.25, 0.3) is 10.3 Å². The Morgan fingerprint density at radius 1 is 1.25 bits per heavy atom. The van der Waals surface area contributed by atoms with Crippen LogP contribution in [0.3, 0.4) is 0 Å². The van der Waals surface area contributed by atoms with Gasteiger partial charge in [-0.2, -0.15) is 0 Å². The molecule has 3 aromatic heterocycles. The first-order chi connectivity index (χ1) is 17.5. The number of nitrogens with zero attached hydrogens (tertiary/aromatic N) is 5. The minimum atomic E-state index is -0.255. The summed E-state index contributed by atoms with van der Waals surface area (Å²) in [5.74, 6) is 2.35. The van der Waals surface area contributed by atoms with Crippen LogP contribution in [0.2, 0.25) is 5.02 Å². The van der Waals surface area contributed by atoms with E-state index in [-0.39, 0.29) is 12.1 Å². The number of nitrogens with one attached hydrogen (secondary N) is 2. The number of hydrogen-bond acceptors (Lipinski definition) is 11. The molecule has 2 atom stereocenters. The number of pyridine rings is 2. The molecule has 0 amide bonds. The van der Waals surface area contributed by atoms with E-state index in [1.165, 1.54) is 11.3 Å². The minimum Gasteiger partial charge on any atom is -0.491 e. The summed E-state index contributed by atoms with van der Waals surface area (Å²) in [5.41, 5.74) is 1.85. The van der Waals surface area contributed by atoms with Crippen LogP contribution in [-0.4, -0.2) is 72.7 Å². The summed E-state index contributed by atoms with van der Waals surface area (Å²) in [6.07, 6.45) is 7.66. The van der Waals surface area contributed by atoms with E-state index in [2.05, 4.69) is 30.6 Å². The van der Waals surface area contributed by atoms with Crippen molar-refractivity contribution in [2.75, 3.05) is 39.7 Å². The largest absolute Gasteiger partial charge is 0.491 e. The Labute approximate surface area is 217 Å². The molecular formula is C24H26ClN7O3S. The molecule has 0 aromatic carbocycles. The second-order valence-corrected chi connectivity index (χ2v) is 9.83. The third-order valence-electron chi connectivity index (χ3n) is 5.57. The van der Waals surface area contributed by atoms with Gasteiger partial charge in [-0.25, -0.2) is 15.0 Å². The number of rotatable bonds is 9. The third-order valence-corrected chi connectivity index (χ3v) is 6.73. The average Bonchev–Trinajstić information content (AvgIpc) is 3.27. The van der Waals surface area contributed by atoms with E-state index >= 15 is 0 Å². The molecule has 0 bridgehead atoms. The molecule has 2 N–H and O–H groups in total. The molecule has 5 rings (SSSR count). The Morgan fingerprint density at radius 2 is 2.14 bits per heavy atom. The molecule has 0 spiro atoms. The zero-order valence-electron chi connectivity index (χ0n) is 20.1. The number of thiazole rings is 1. The molecule has 4 heterocycles. The number of likely N-dealkylation sites (N-methyl/N-ethyl adjacent to an activating group) is 1. The molecule has 2 unspecified atom stereocenters. The number of aliphatic imine (C=N–C) groups is 1. The van der Waals surface area contributed by atoms with E-state index in [9.17, 15) is 0 Å². The highest BCUT2D eigenvalue weighted by atomic mass is 35.5. The molecule has 1 aliphatic heterocycles. The summed E-state index contributed by atoms with van der Waals surface area (Å²) >= 11 is 7.89. The Bertz CT molecular complexity index is 1340. The number of hydrogen-bond donors (Lipinski definition) is 2. The van der Waals surface area contributed by atoms with Crippen LogP contribution in [-0.2, 0) is 0 Å². The van der Waals surface area contributed by atoms with Crippen molar-refractivity contribution in [3.63, 3.8) is 0 Å². The van der Waals surface area contributed by atoms with Gasteiger partial charge in [0, 0.05) is 30.7 Å². The summed E-state index contributed by atoms with van der Waals surface area (Å²) in [6, 6.07) is 5.33. The number of methoxy groups -OCH3 is 1. The first-order valence-electron chi connectivity index (χ1n) is 11.4. The van der Waals surface area contributed by atoms with Gasteiger partial charge in [0.15, 0.2) is 5.13 Å². The van der Waals surface area contributed by atoms with Gasteiger partial charge in [-0.1, -0.05) is 29.0 Å². The zero-order chi connectivity index (χ0) is 25.1. The maximum Gasteiger partial charge on any atom is 0.233 e. The van der Waals surface area contributed by atoms with Gasteiger partial charge in [0.25, 0.3) is 0 Å². The lowest BCUT2D eigenvalue weighted by Gasteiger charge is -2.29. The molecule has 0 radical (unpaired) electrons. The summed E-state index contributed by atoms with van der Waals surface area (Å²) in [6.45, 7) is 1.35. The smallest absolute Gasteiger partial charge is 0.233 e. The summed E-state index contributed by atoms with van der Waals surface area (Å²) in [7, 11) is 5.58. The molecule has 36 heavy (non-hydrogen) atoms. The molecular weight excluding hydrogens is 502 g/mol. The van der Waals surface area contributed by atoms with Crippen LogP contribution in [0.4, 0.5) is 5.13 Å². The Hall–Kier alpha value is -3.41.